The highest BCUT2D eigenvalue weighted by molar-refractivity contribution is 9.10. The van der Waals surface area contributed by atoms with Gasteiger partial charge in [-0.2, -0.15) is 0 Å². The lowest BCUT2D eigenvalue weighted by atomic mass is 10.1. The summed E-state index contributed by atoms with van der Waals surface area (Å²) in [5.41, 5.74) is 0.766. The number of halogens is 1. The molecule has 2 aromatic rings. The van der Waals surface area contributed by atoms with Crippen LogP contribution < -0.4 is 5.32 Å². The largest absolute Gasteiger partial charge is 0.478 e. The lowest BCUT2D eigenvalue weighted by molar-refractivity contribution is 0.0698. The highest BCUT2D eigenvalue weighted by Gasteiger charge is 2.16. The Labute approximate surface area is 134 Å². The van der Waals surface area contributed by atoms with Crippen molar-refractivity contribution in [3.05, 3.63) is 58.1 Å². The molecule has 0 aliphatic rings. The fraction of sp³-hybridized carbons (Fsp3) is 0.0667. The van der Waals surface area contributed by atoms with Crippen LogP contribution in [-0.4, -0.2) is 23.2 Å². The predicted octanol–water partition coefficient (Wildman–Crippen LogP) is 4.12. The van der Waals surface area contributed by atoms with Gasteiger partial charge in [-0.3, -0.25) is 4.79 Å². The quantitative estimate of drug-likeness (QED) is 0.799. The van der Waals surface area contributed by atoms with Crippen molar-refractivity contribution in [3.8, 4) is 0 Å². The van der Waals surface area contributed by atoms with Crippen molar-refractivity contribution in [1.82, 2.24) is 0 Å². The molecule has 0 bridgehead atoms. The van der Waals surface area contributed by atoms with Crippen LogP contribution in [0.2, 0.25) is 0 Å². The van der Waals surface area contributed by atoms with Crippen LogP contribution in [0.3, 0.4) is 0 Å². The zero-order chi connectivity index (χ0) is 15.4. The molecule has 0 unspecified atom stereocenters. The highest BCUT2D eigenvalue weighted by Crippen LogP contribution is 2.27. The summed E-state index contributed by atoms with van der Waals surface area (Å²) in [6.07, 6.45) is 1.95. The Kier molecular flexibility index (Phi) is 5.03. The average molecular weight is 366 g/mol. The Bertz CT molecular complexity index is 686. The van der Waals surface area contributed by atoms with Crippen molar-refractivity contribution in [3.63, 3.8) is 0 Å². The normalized spacial score (nSPS) is 10.2. The molecule has 2 aromatic carbocycles. The molecule has 0 atom stereocenters. The van der Waals surface area contributed by atoms with E-state index < -0.39 is 5.97 Å². The Morgan fingerprint density at radius 1 is 1.14 bits per heavy atom. The maximum absolute atomic E-state index is 12.2. The maximum atomic E-state index is 12.2. The summed E-state index contributed by atoms with van der Waals surface area (Å²) < 4.78 is 0.525. The van der Waals surface area contributed by atoms with Crippen LogP contribution in [-0.2, 0) is 0 Å². The molecule has 6 heteroatoms. The standard InChI is InChI=1S/C15H12BrNO3S/c1-21-10-7-5-9(6-8-10)14(18)17-13-11(15(19)20)3-2-4-12(13)16/h2-8H,1H3,(H,17,18)(H,19,20). The number of carbonyl (C=O) groups is 2. The third kappa shape index (κ3) is 3.65. The number of nitrogens with one attached hydrogen (secondary N) is 1. The van der Waals surface area contributed by atoms with Gasteiger partial charge >= 0.3 is 5.97 Å². The minimum atomic E-state index is -1.09. The van der Waals surface area contributed by atoms with Crippen LogP contribution in [0.1, 0.15) is 20.7 Å². The number of rotatable bonds is 4. The van der Waals surface area contributed by atoms with Crippen molar-refractivity contribution in [2.24, 2.45) is 0 Å². The zero-order valence-corrected chi connectivity index (χ0v) is 13.5. The maximum Gasteiger partial charge on any atom is 0.337 e. The molecule has 0 fully saturated rings. The van der Waals surface area contributed by atoms with E-state index >= 15 is 0 Å². The van der Waals surface area contributed by atoms with Crippen LogP contribution >= 0.6 is 27.7 Å². The number of hydrogen-bond acceptors (Lipinski definition) is 3. The van der Waals surface area contributed by atoms with Gasteiger partial charge in [-0.05, 0) is 58.6 Å². The summed E-state index contributed by atoms with van der Waals surface area (Å²) in [6, 6.07) is 11.8. The number of aromatic carboxylic acids is 1. The fourth-order valence-corrected chi connectivity index (χ4v) is 2.63. The van der Waals surface area contributed by atoms with Gasteiger partial charge in [0.2, 0.25) is 0 Å². The van der Waals surface area contributed by atoms with Crippen molar-refractivity contribution in [1.29, 1.82) is 0 Å². The number of carbonyl (C=O) groups excluding carboxylic acids is 1. The number of carboxylic acids is 1. The van der Waals surface area contributed by atoms with E-state index in [1.165, 1.54) is 6.07 Å². The summed E-state index contributed by atoms with van der Waals surface area (Å²) >= 11 is 4.84. The molecule has 0 saturated carbocycles. The molecular weight excluding hydrogens is 354 g/mol. The molecule has 0 aromatic heterocycles. The summed E-state index contributed by atoms with van der Waals surface area (Å²) in [4.78, 5) is 24.5. The molecule has 21 heavy (non-hydrogen) atoms. The number of anilines is 1. The Balaban J connectivity index is 2.29. The minimum Gasteiger partial charge on any atom is -0.478 e. The first-order chi connectivity index (χ1) is 10.0. The number of para-hydroxylation sites is 1. The van der Waals surface area contributed by atoms with Gasteiger partial charge < -0.3 is 10.4 Å². The molecule has 0 aliphatic heterocycles. The second-order valence-electron chi connectivity index (χ2n) is 4.15. The third-order valence-corrected chi connectivity index (χ3v) is 4.24. The van der Waals surface area contributed by atoms with Crippen LogP contribution in [0.5, 0.6) is 0 Å². The molecule has 0 aliphatic carbocycles. The van der Waals surface area contributed by atoms with Crippen LogP contribution in [0.4, 0.5) is 5.69 Å². The van der Waals surface area contributed by atoms with E-state index in [4.69, 9.17) is 5.11 Å². The van der Waals surface area contributed by atoms with E-state index in [1.54, 1.807) is 36.0 Å². The number of amides is 1. The molecular formula is C15H12BrNO3S. The van der Waals surface area contributed by atoms with E-state index in [2.05, 4.69) is 21.2 Å². The smallest absolute Gasteiger partial charge is 0.337 e. The summed E-state index contributed by atoms with van der Waals surface area (Å²) in [6.45, 7) is 0. The first-order valence-corrected chi connectivity index (χ1v) is 8.02. The molecule has 0 heterocycles. The van der Waals surface area contributed by atoms with Gasteiger partial charge in [0.15, 0.2) is 0 Å². The van der Waals surface area contributed by atoms with Crippen molar-refractivity contribution >= 4 is 45.3 Å². The van der Waals surface area contributed by atoms with Gasteiger partial charge in [-0.1, -0.05) is 6.07 Å². The van der Waals surface area contributed by atoms with Crippen molar-refractivity contribution in [2.75, 3.05) is 11.6 Å². The van der Waals surface area contributed by atoms with E-state index in [-0.39, 0.29) is 17.2 Å². The summed E-state index contributed by atoms with van der Waals surface area (Å²) in [7, 11) is 0. The molecule has 0 spiro atoms. The number of carboxylic acid groups (broad SMARTS) is 1. The van der Waals surface area contributed by atoms with Gasteiger partial charge in [-0.15, -0.1) is 11.8 Å². The van der Waals surface area contributed by atoms with Gasteiger partial charge in [0, 0.05) is 14.9 Å². The topological polar surface area (TPSA) is 66.4 Å². The van der Waals surface area contributed by atoms with Gasteiger partial charge in [-0.25, -0.2) is 4.79 Å². The number of thioether (sulfide) groups is 1. The SMILES string of the molecule is CSc1ccc(C(=O)Nc2c(Br)cccc2C(=O)O)cc1. The predicted molar refractivity (Wildman–Crippen MR) is 87.3 cm³/mol. The number of benzene rings is 2. The van der Waals surface area contributed by atoms with Gasteiger partial charge in [0.25, 0.3) is 5.91 Å². The van der Waals surface area contributed by atoms with Crippen molar-refractivity contribution in [2.45, 2.75) is 4.90 Å². The zero-order valence-electron chi connectivity index (χ0n) is 11.1. The average Bonchev–Trinajstić information content (AvgIpc) is 2.49. The first kappa shape index (κ1) is 15.6. The molecule has 108 valence electrons. The van der Waals surface area contributed by atoms with Gasteiger partial charge in [0.1, 0.15) is 0 Å². The van der Waals surface area contributed by atoms with E-state index in [9.17, 15) is 9.59 Å². The minimum absolute atomic E-state index is 0.0402. The molecule has 0 radical (unpaired) electrons. The molecule has 2 N–H and O–H groups in total. The van der Waals surface area contributed by atoms with E-state index in [1.807, 2.05) is 18.4 Å². The van der Waals surface area contributed by atoms with Crippen LogP contribution in [0, 0.1) is 0 Å². The Morgan fingerprint density at radius 3 is 2.38 bits per heavy atom. The first-order valence-electron chi connectivity index (χ1n) is 6.00. The van der Waals surface area contributed by atoms with Crippen molar-refractivity contribution < 1.29 is 14.7 Å². The lowest BCUT2D eigenvalue weighted by Gasteiger charge is -2.10. The van der Waals surface area contributed by atoms with Crippen LogP contribution in [0.15, 0.2) is 51.8 Å². The third-order valence-electron chi connectivity index (χ3n) is 2.83. The van der Waals surface area contributed by atoms with E-state index in [0.717, 1.165) is 4.90 Å². The summed E-state index contributed by atoms with van der Waals surface area (Å²) in [5.74, 6) is -1.44. The molecule has 4 nitrogen and oxygen atoms in total. The Hall–Kier alpha value is -1.79. The molecule has 0 saturated heterocycles. The molecule has 1 amide bonds. The monoisotopic (exact) mass is 365 g/mol. The number of hydrogen-bond donors (Lipinski definition) is 2. The second kappa shape index (κ2) is 6.78. The summed E-state index contributed by atoms with van der Waals surface area (Å²) in [5, 5.41) is 11.8. The molecule has 2 rings (SSSR count). The second-order valence-corrected chi connectivity index (χ2v) is 5.88. The highest BCUT2D eigenvalue weighted by atomic mass is 79.9. The Morgan fingerprint density at radius 2 is 1.81 bits per heavy atom. The van der Waals surface area contributed by atoms with Gasteiger partial charge in [0.05, 0.1) is 11.3 Å². The van der Waals surface area contributed by atoms with Crippen LogP contribution in [0.25, 0.3) is 0 Å². The lowest BCUT2D eigenvalue weighted by Crippen LogP contribution is -2.15. The fourth-order valence-electron chi connectivity index (χ4n) is 1.76. The van der Waals surface area contributed by atoms with E-state index in [0.29, 0.717) is 10.0 Å².